The highest BCUT2D eigenvalue weighted by molar-refractivity contribution is 5.82. The van der Waals surface area contributed by atoms with Crippen LogP contribution in [0.15, 0.2) is 53.3 Å². The minimum absolute atomic E-state index is 0.160. The summed E-state index contributed by atoms with van der Waals surface area (Å²) in [5, 5.41) is 11.0. The van der Waals surface area contributed by atoms with Gasteiger partial charge in [0.05, 0.1) is 16.0 Å². The molecule has 0 spiro atoms. The first-order chi connectivity index (χ1) is 12.5. The van der Waals surface area contributed by atoms with Crippen LogP contribution in [-0.2, 0) is 17.9 Å². The largest absolute Gasteiger partial charge is 0.329 e. The molecule has 0 fully saturated rings. The first kappa shape index (κ1) is 17.2. The summed E-state index contributed by atoms with van der Waals surface area (Å²) >= 11 is 0. The van der Waals surface area contributed by atoms with Gasteiger partial charge in [0.15, 0.2) is 0 Å². The monoisotopic (exact) mass is 355 g/mol. The zero-order valence-electron chi connectivity index (χ0n) is 14.0. The number of para-hydroxylation sites is 4. The van der Waals surface area contributed by atoms with Gasteiger partial charge in [-0.3, -0.25) is 34.9 Å². The zero-order valence-corrected chi connectivity index (χ0v) is 14.0. The maximum Gasteiger partial charge on any atom is 0.329 e. The first-order valence-corrected chi connectivity index (χ1v) is 7.99. The van der Waals surface area contributed by atoms with Gasteiger partial charge in [0.1, 0.15) is 12.2 Å². The second-order valence-corrected chi connectivity index (χ2v) is 5.55. The van der Waals surface area contributed by atoms with Gasteiger partial charge in [0.2, 0.25) is 0 Å². The molecule has 0 aliphatic carbocycles. The van der Waals surface area contributed by atoms with Crippen LogP contribution in [0.2, 0.25) is 0 Å². The van der Waals surface area contributed by atoms with E-state index in [1.807, 2.05) is 19.1 Å². The van der Waals surface area contributed by atoms with E-state index < -0.39 is 10.8 Å². The molecular formula is C17H17N5O4. The number of benzene rings is 2. The average molecular weight is 355 g/mol. The van der Waals surface area contributed by atoms with Gasteiger partial charge in [-0.2, -0.15) is 0 Å². The molecule has 1 amide bonds. The van der Waals surface area contributed by atoms with Gasteiger partial charge in [-0.25, -0.2) is 4.79 Å². The lowest BCUT2D eigenvalue weighted by atomic mass is 10.3. The fourth-order valence-electron chi connectivity index (χ4n) is 2.79. The van der Waals surface area contributed by atoms with Crippen LogP contribution in [0.4, 0.5) is 11.4 Å². The molecule has 1 heterocycles. The summed E-state index contributed by atoms with van der Waals surface area (Å²) in [6.07, 6.45) is 0. The highest BCUT2D eigenvalue weighted by Crippen LogP contribution is 2.22. The Hall–Kier alpha value is -3.62. The van der Waals surface area contributed by atoms with Gasteiger partial charge in [-0.05, 0) is 25.1 Å². The zero-order chi connectivity index (χ0) is 18.7. The number of nitrogens with one attached hydrogen (secondary N) is 2. The van der Waals surface area contributed by atoms with Crippen molar-refractivity contribution in [2.24, 2.45) is 0 Å². The van der Waals surface area contributed by atoms with E-state index in [1.165, 1.54) is 22.8 Å². The lowest BCUT2D eigenvalue weighted by Gasteiger charge is -2.09. The van der Waals surface area contributed by atoms with Crippen LogP contribution < -0.4 is 16.5 Å². The van der Waals surface area contributed by atoms with Crippen molar-refractivity contribution < 1.29 is 9.72 Å². The number of anilines is 1. The number of nitro groups is 1. The molecule has 0 saturated carbocycles. The third-order valence-electron chi connectivity index (χ3n) is 3.98. The molecule has 2 aromatic carbocycles. The second-order valence-electron chi connectivity index (χ2n) is 5.55. The van der Waals surface area contributed by atoms with Crippen LogP contribution in [0.3, 0.4) is 0 Å². The van der Waals surface area contributed by atoms with Crippen LogP contribution in [0.1, 0.15) is 6.92 Å². The van der Waals surface area contributed by atoms with Crippen molar-refractivity contribution in [3.8, 4) is 0 Å². The van der Waals surface area contributed by atoms with E-state index in [0.717, 1.165) is 5.52 Å². The van der Waals surface area contributed by atoms with Crippen molar-refractivity contribution >= 4 is 28.3 Å². The van der Waals surface area contributed by atoms with Crippen LogP contribution >= 0.6 is 0 Å². The van der Waals surface area contributed by atoms with Gasteiger partial charge < -0.3 is 0 Å². The number of hydrogen-bond acceptors (Lipinski definition) is 5. The van der Waals surface area contributed by atoms with Crippen molar-refractivity contribution in [3.05, 3.63) is 69.1 Å². The molecule has 0 atom stereocenters. The van der Waals surface area contributed by atoms with Crippen LogP contribution in [0, 0.1) is 10.1 Å². The van der Waals surface area contributed by atoms with Crippen molar-refractivity contribution in [2.45, 2.75) is 20.0 Å². The summed E-state index contributed by atoms with van der Waals surface area (Å²) in [6.45, 7) is 2.14. The molecule has 0 aliphatic rings. The van der Waals surface area contributed by atoms with Gasteiger partial charge in [-0.1, -0.05) is 24.3 Å². The lowest BCUT2D eigenvalue weighted by molar-refractivity contribution is -0.384. The number of imidazole rings is 1. The number of carbonyl (C=O) groups is 1. The number of aromatic nitrogens is 2. The Morgan fingerprint density at radius 1 is 1.08 bits per heavy atom. The van der Waals surface area contributed by atoms with E-state index in [2.05, 4.69) is 10.9 Å². The number of nitrogens with zero attached hydrogens (tertiary/aromatic N) is 3. The molecular weight excluding hydrogens is 338 g/mol. The molecule has 9 nitrogen and oxygen atoms in total. The first-order valence-electron chi connectivity index (χ1n) is 7.99. The third kappa shape index (κ3) is 3.14. The molecule has 1 aromatic heterocycles. The molecule has 2 N–H and O–H groups in total. The molecule has 26 heavy (non-hydrogen) atoms. The van der Waals surface area contributed by atoms with Crippen LogP contribution in [-0.4, -0.2) is 20.0 Å². The molecule has 3 aromatic rings. The molecule has 0 bridgehead atoms. The number of nitro benzene ring substituents is 1. The molecule has 0 unspecified atom stereocenters. The normalized spacial score (nSPS) is 10.7. The van der Waals surface area contributed by atoms with Crippen molar-refractivity contribution in [2.75, 3.05) is 5.43 Å². The van der Waals surface area contributed by atoms with E-state index in [4.69, 9.17) is 0 Å². The van der Waals surface area contributed by atoms with Gasteiger partial charge in [0, 0.05) is 12.6 Å². The summed E-state index contributed by atoms with van der Waals surface area (Å²) in [7, 11) is 0. The number of rotatable bonds is 6. The van der Waals surface area contributed by atoms with Crippen LogP contribution in [0.5, 0.6) is 0 Å². The Bertz CT molecular complexity index is 1040. The number of hydrogen-bond donors (Lipinski definition) is 2. The highest BCUT2D eigenvalue weighted by atomic mass is 16.6. The Balaban J connectivity index is 1.80. The molecule has 0 saturated heterocycles. The van der Waals surface area contributed by atoms with Crippen molar-refractivity contribution in [3.63, 3.8) is 0 Å². The number of fused-ring (bicyclic) bond motifs is 1. The van der Waals surface area contributed by atoms with Crippen LogP contribution in [0.25, 0.3) is 11.0 Å². The SMILES string of the molecule is CCn1c(=O)n(CC(=O)NNc2ccccc2[N+](=O)[O-])c2ccccc21. The molecule has 0 aliphatic heterocycles. The summed E-state index contributed by atoms with van der Waals surface area (Å²) < 4.78 is 2.95. The molecule has 0 radical (unpaired) electrons. The third-order valence-corrected chi connectivity index (χ3v) is 3.98. The predicted octanol–water partition coefficient (Wildman–Crippen LogP) is 1.87. The topological polar surface area (TPSA) is 111 Å². The van der Waals surface area contributed by atoms with E-state index in [0.29, 0.717) is 12.1 Å². The van der Waals surface area contributed by atoms with E-state index in [9.17, 15) is 19.7 Å². The Labute approximate surface area is 148 Å². The lowest BCUT2D eigenvalue weighted by Crippen LogP contribution is -2.36. The summed E-state index contributed by atoms with van der Waals surface area (Å²) in [5.41, 5.74) is 6.06. The standard InChI is InChI=1S/C17H17N5O4/c1-2-20-14-9-5-6-10-15(14)21(17(20)24)11-16(23)19-18-12-7-3-4-8-13(12)22(25)26/h3-10,18H,2,11H2,1H3,(H,19,23). The van der Waals surface area contributed by atoms with E-state index in [1.54, 1.807) is 22.8 Å². The van der Waals surface area contributed by atoms with E-state index >= 15 is 0 Å². The van der Waals surface area contributed by atoms with Crippen molar-refractivity contribution in [1.82, 2.24) is 14.6 Å². The summed E-state index contributed by atoms with van der Waals surface area (Å²) in [5.74, 6) is -0.496. The van der Waals surface area contributed by atoms with Gasteiger partial charge in [0.25, 0.3) is 11.6 Å². The Kier molecular flexibility index (Phi) is 4.70. The molecule has 3 rings (SSSR count). The highest BCUT2D eigenvalue weighted by Gasteiger charge is 2.16. The molecule has 134 valence electrons. The second kappa shape index (κ2) is 7.09. The Morgan fingerprint density at radius 3 is 2.35 bits per heavy atom. The van der Waals surface area contributed by atoms with Gasteiger partial charge >= 0.3 is 5.69 Å². The maximum absolute atomic E-state index is 12.5. The number of aryl methyl sites for hydroxylation is 1. The predicted molar refractivity (Wildman–Crippen MR) is 96.7 cm³/mol. The number of amides is 1. The van der Waals surface area contributed by atoms with Crippen molar-refractivity contribution in [1.29, 1.82) is 0 Å². The molecule has 9 heteroatoms. The maximum atomic E-state index is 12.5. The minimum Gasteiger partial charge on any atom is -0.292 e. The smallest absolute Gasteiger partial charge is 0.292 e. The minimum atomic E-state index is -0.548. The Morgan fingerprint density at radius 2 is 1.69 bits per heavy atom. The average Bonchev–Trinajstić information content (AvgIpc) is 2.91. The number of carbonyl (C=O) groups excluding carboxylic acids is 1. The fraction of sp³-hybridized carbons (Fsp3) is 0.176. The number of hydrazine groups is 1. The summed E-state index contributed by atoms with van der Waals surface area (Å²) in [6, 6.07) is 13.2. The quantitative estimate of drug-likeness (QED) is 0.518. The summed E-state index contributed by atoms with van der Waals surface area (Å²) in [4.78, 5) is 35.2. The van der Waals surface area contributed by atoms with E-state index in [-0.39, 0.29) is 23.6 Å². The fourth-order valence-corrected chi connectivity index (χ4v) is 2.79. The van der Waals surface area contributed by atoms with Gasteiger partial charge in [-0.15, -0.1) is 0 Å².